The van der Waals surface area contributed by atoms with E-state index >= 15 is 0 Å². The van der Waals surface area contributed by atoms with Crippen LogP contribution in [0.5, 0.6) is 11.5 Å². The van der Waals surface area contributed by atoms with Crippen LogP contribution in [0, 0.1) is 0 Å². The van der Waals surface area contributed by atoms with Crippen molar-refractivity contribution in [3.63, 3.8) is 0 Å². The number of nitrogens with one attached hydrogen (secondary N) is 1. The summed E-state index contributed by atoms with van der Waals surface area (Å²) < 4.78 is 16.5. The summed E-state index contributed by atoms with van der Waals surface area (Å²) >= 11 is 0. The summed E-state index contributed by atoms with van der Waals surface area (Å²) in [6, 6.07) is 9.19. The summed E-state index contributed by atoms with van der Waals surface area (Å²) in [5.41, 5.74) is 6.27. The van der Waals surface area contributed by atoms with Crippen LogP contribution >= 0.6 is 0 Å². The van der Waals surface area contributed by atoms with E-state index in [0.717, 1.165) is 5.56 Å². The molecule has 7 heteroatoms. The van der Waals surface area contributed by atoms with Crippen molar-refractivity contribution in [3.8, 4) is 34.4 Å². The molecule has 0 aliphatic rings. The molecular formula is C14H14N4O3. The molecular weight excluding hydrogens is 272 g/mol. The quantitative estimate of drug-likeness (QED) is 0.763. The van der Waals surface area contributed by atoms with Gasteiger partial charge in [0, 0.05) is 0 Å². The number of benzene rings is 1. The summed E-state index contributed by atoms with van der Waals surface area (Å²) in [7, 11) is 3.18. The van der Waals surface area contributed by atoms with Gasteiger partial charge in [0.1, 0.15) is 5.76 Å². The van der Waals surface area contributed by atoms with Crippen LogP contribution in [0.15, 0.2) is 34.7 Å². The second-order valence-electron chi connectivity index (χ2n) is 4.25. The molecule has 3 rings (SSSR count). The molecule has 21 heavy (non-hydrogen) atoms. The van der Waals surface area contributed by atoms with Crippen LogP contribution < -0.4 is 15.2 Å². The lowest BCUT2D eigenvalue weighted by atomic mass is 10.1. The summed E-state index contributed by atoms with van der Waals surface area (Å²) in [6.07, 6.45) is 0. The Hall–Kier alpha value is -2.96. The van der Waals surface area contributed by atoms with Crippen molar-refractivity contribution in [2.45, 2.75) is 0 Å². The van der Waals surface area contributed by atoms with Crippen molar-refractivity contribution in [2.24, 2.45) is 0 Å². The number of ether oxygens (including phenoxy) is 2. The number of methoxy groups -OCH3 is 2. The number of hydrogen-bond donors (Lipinski definition) is 2. The van der Waals surface area contributed by atoms with Gasteiger partial charge >= 0.3 is 0 Å². The third-order valence-corrected chi connectivity index (χ3v) is 3.01. The SMILES string of the molecule is COc1cccc(-c2ccc(-c3nc(N)n[nH]3)o2)c1OC. The first-order valence-electron chi connectivity index (χ1n) is 6.22. The van der Waals surface area contributed by atoms with Crippen molar-refractivity contribution >= 4 is 5.95 Å². The summed E-state index contributed by atoms with van der Waals surface area (Å²) in [4.78, 5) is 4.03. The van der Waals surface area contributed by atoms with Crippen LogP contribution in [0.1, 0.15) is 0 Å². The number of rotatable bonds is 4. The molecule has 0 fully saturated rings. The highest BCUT2D eigenvalue weighted by atomic mass is 16.5. The minimum absolute atomic E-state index is 0.168. The summed E-state index contributed by atoms with van der Waals surface area (Å²) in [5, 5.41) is 6.47. The van der Waals surface area contributed by atoms with Gasteiger partial charge in [0.25, 0.3) is 0 Å². The fraction of sp³-hybridized carbons (Fsp3) is 0.143. The van der Waals surface area contributed by atoms with E-state index in [0.29, 0.717) is 28.8 Å². The highest BCUT2D eigenvalue weighted by Crippen LogP contribution is 2.39. The van der Waals surface area contributed by atoms with E-state index in [-0.39, 0.29) is 5.95 Å². The van der Waals surface area contributed by atoms with Crippen molar-refractivity contribution in [3.05, 3.63) is 30.3 Å². The first kappa shape index (κ1) is 13.0. The summed E-state index contributed by atoms with van der Waals surface area (Å²) in [6.45, 7) is 0. The maximum absolute atomic E-state index is 5.79. The molecule has 0 spiro atoms. The molecule has 0 aliphatic heterocycles. The second-order valence-corrected chi connectivity index (χ2v) is 4.25. The van der Waals surface area contributed by atoms with Gasteiger partial charge < -0.3 is 19.6 Å². The highest BCUT2D eigenvalue weighted by Gasteiger charge is 2.16. The Morgan fingerprint density at radius 3 is 2.57 bits per heavy atom. The predicted molar refractivity (Wildman–Crippen MR) is 77.0 cm³/mol. The molecule has 0 atom stereocenters. The minimum Gasteiger partial charge on any atom is -0.493 e. The molecule has 7 nitrogen and oxygen atoms in total. The minimum atomic E-state index is 0.168. The van der Waals surface area contributed by atoms with Crippen LogP contribution in [-0.4, -0.2) is 29.4 Å². The van der Waals surface area contributed by atoms with E-state index in [1.54, 1.807) is 20.3 Å². The largest absolute Gasteiger partial charge is 0.493 e. The van der Waals surface area contributed by atoms with Crippen molar-refractivity contribution in [2.75, 3.05) is 20.0 Å². The van der Waals surface area contributed by atoms with Crippen LogP contribution in [0.4, 0.5) is 5.95 Å². The number of hydrogen-bond acceptors (Lipinski definition) is 6. The smallest absolute Gasteiger partial charge is 0.239 e. The van der Waals surface area contributed by atoms with Gasteiger partial charge in [0.15, 0.2) is 23.1 Å². The molecule has 0 radical (unpaired) electrons. The molecule has 3 aromatic rings. The second kappa shape index (κ2) is 5.20. The maximum Gasteiger partial charge on any atom is 0.239 e. The van der Waals surface area contributed by atoms with Gasteiger partial charge in [-0.3, -0.25) is 5.10 Å². The number of aromatic nitrogens is 3. The van der Waals surface area contributed by atoms with E-state index in [2.05, 4.69) is 15.2 Å². The van der Waals surface area contributed by atoms with Crippen LogP contribution in [-0.2, 0) is 0 Å². The number of para-hydroxylation sites is 1. The van der Waals surface area contributed by atoms with Gasteiger partial charge in [-0.2, -0.15) is 4.98 Å². The molecule has 0 saturated heterocycles. The maximum atomic E-state index is 5.79. The highest BCUT2D eigenvalue weighted by molar-refractivity contribution is 5.71. The molecule has 0 amide bonds. The Balaban J connectivity index is 2.04. The Labute approximate surface area is 120 Å². The number of anilines is 1. The predicted octanol–water partition coefficient (Wildman–Crippen LogP) is 2.33. The number of aromatic amines is 1. The van der Waals surface area contributed by atoms with Crippen LogP contribution in [0.3, 0.4) is 0 Å². The van der Waals surface area contributed by atoms with Crippen molar-refractivity contribution < 1.29 is 13.9 Å². The molecule has 2 heterocycles. The van der Waals surface area contributed by atoms with Crippen LogP contribution in [0.2, 0.25) is 0 Å². The molecule has 3 N–H and O–H groups in total. The van der Waals surface area contributed by atoms with Gasteiger partial charge in [0.2, 0.25) is 5.95 Å². The van der Waals surface area contributed by atoms with E-state index in [1.807, 2.05) is 24.3 Å². The fourth-order valence-electron chi connectivity index (χ4n) is 2.08. The van der Waals surface area contributed by atoms with Gasteiger partial charge in [-0.1, -0.05) is 6.07 Å². The van der Waals surface area contributed by atoms with E-state index in [1.165, 1.54) is 0 Å². The topological polar surface area (TPSA) is 99.2 Å². The van der Waals surface area contributed by atoms with E-state index in [9.17, 15) is 0 Å². The zero-order valence-corrected chi connectivity index (χ0v) is 11.6. The number of nitrogens with two attached hydrogens (primary N) is 1. The monoisotopic (exact) mass is 286 g/mol. The fourth-order valence-corrected chi connectivity index (χ4v) is 2.08. The van der Waals surface area contributed by atoms with Gasteiger partial charge in [0.05, 0.1) is 19.8 Å². The number of nitrogen functional groups attached to an aromatic ring is 1. The van der Waals surface area contributed by atoms with Crippen LogP contribution in [0.25, 0.3) is 22.9 Å². The Kier molecular flexibility index (Phi) is 3.23. The number of nitrogens with zero attached hydrogens (tertiary/aromatic N) is 2. The average Bonchev–Trinajstić information content (AvgIpc) is 3.14. The number of H-pyrrole nitrogens is 1. The standard InChI is InChI=1S/C14H14N4O3/c1-19-10-5-3-4-8(12(10)20-2)9-6-7-11(21-9)13-16-14(15)18-17-13/h3-7H,1-2H3,(H3,15,16,17,18). The van der Waals surface area contributed by atoms with Gasteiger partial charge in [-0.05, 0) is 24.3 Å². The molecule has 0 saturated carbocycles. The molecule has 0 aliphatic carbocycles. The molecule has 0 unspecified atom stereocenters. The van der Waals surface area contributed by atoms with Crippen molar-refractivity contribution in [1.82, 2.24) is 15.2 Å². The zero-order chi connectivity index (χ0) is 14.8. The summed E-state index contributed by atoms with van der Waals surface area (Å²) in [5.74, 6) is 3.06. The lowest BCUT2D eigenvalue weighted by Crippen LogP contribution is -1.92. The Morgan fingerprint density at radius 1 is 1.10 bits per heavy atom. The third-order valence-electron chi connectivity index (χ3n) is 3.01. The molecule has 1 aromatic carbocycles. The van der Waals surface area contributed by atoms with Gasteiger partial charge in [-0.15, -0.1) is 5.10 Å². The van der Waals surface area contributed by atoms with E-state index in [4.69, 9.17) is 19.6 Å². The molecule has 108 valence electrons. The lowest BCUT2D eigenvalue weighted by molar-refractivity contribution is 0.355. The molecule has 0 bridgehead atoms. The number of furan rings is 1. The molecule has 2 aromatic heterocycles. The Bertz CT molecular complexity index is 763. The lowest BCUT2D eigenvalue weighted by Gasteiger charge is -2.10. The normalized spacial score (nSPS) is 10.6. The van der Waals surface area contributed by atoms with E-state index < -0.39 is 0 Å². The zero-order valence-electron chi connectivity index (χ0n) is 11.6. The van der Waals surface area contributed by atoms with Crippen molar-refractivity contribution in [1.29, 1.82) is 0 Å². The first-order chi connectivity index (χ1) is 10.2. The third kappa shape index (κ3) is 2.29. The van der Waals surface area contributed by atoms with Gasteiger partial charge in [-0.25, -0.2) is 0 Å². The Morgan fingerprint density at radius 2 is 1.90 bits per heavy atom. The average molecular weight is 286 g/mol. The first-order valence-corrected chi connectivity index (χ1v) is 6.22.